The van der Waals surface area contributed by atoms with Gasteiger partial charge in [0, 0.05) is 11.8 Å². The normalized spacial score (nSPS) is 10.7. The second-order valence-corrected chi connectivity index (χ2v) is 3.13. The Bertz CT molecular complexity index is 398. The number of nitrogens with two attached hydrogens (primary N) is 1. The van der Waals surface area contributed by atoms with Crippen molar-refractivity contribution in [3.8, 4) is 0 Å². The lowest BCUT2D eigenvalue weighted by Crippen LogP contribution is -2.08. The Balaban J connectivity index is 3.26. The number of carboxylic acids is 1. The van der Waals surface area contributed by atoms with Crippen molar-refractivity contribution < 1.29 is 18.7 Å². The monoisotopic (exact) mass is 236 g/mol. The van der Waals surface area contributed by atoms with Gasteiger partial charge in [0.25, 0.3) is 6.43 Å². The maximum absolute atomic E-state index is 12.6. The summed E-state index contributed by atoms with van der Waals surface area (Å²) in [7, 11) is 0. The van der Waals surface area contributed by atoms with Gasteiger partial charge in [0.2, 0.25) is 0 Å². The Hall–Kier alpha value is -1.43. The van der Waals surface area contributed by atoms with E-state index in [0.29, 0.717) is 0 Å². The maximum atomic E-state index is 12.6. The molecule has 0 aliphatic heterocycles. The fourth-order valence-corrected chi connectivity index (χ4v) is 1.27. The van der Waals surface area contributed by atoms with Crippen molar-refractivity contribution in [2.75, 3.05) is 5.73 Å². The molecule has 0 amide bonds. The van der Waals surface area contributed by atoms with E-state index in [9.17, 15) is 13.6 Å². The smallest absolute Gasteiger partial charge is 0.307 e. The van der Waals surface area contributed by atoms with Gasteiger partial charge in [0.15, 0.2) is 5.15 Å². The summed E-state index contributed by atoms with van der Waals surface area (Å²) < 4.78 is 25.1. The van der Waals surface area contributed by atoms with Crippen LogP contribution >= 0.6 is 11.6 Å². The van der Waals surface area contributed by atoms with Crippen LogP contribution in [0.2, 0.25) is 5.15 Å². The van der Waals surface area contributed by atoms with Gasteiger partial charge in [-0.25, -0.2) is 13.8 Å². The fraction of sp³-hybridized carbons (Fsp3) is 0.250. The highest BCUT2D eigenvalue weighted by molar-refractivity contribution is 6.32. The Morgan fingerprint density at radius 1 is 1.67 bits per heavy atom. The molecule has 15 heavy (non-hydrogen) atoms. The van der Waals surface area contributed by atoms with Gasteiger partial charge in [-0.15, -0.1) is 0 Å². The van der Waals surface area contributed by atoms with Gasteiger partial charge < -0.3 is 10.8 Å². The minimum atomic E-state index is -2.88. The zero-order valence-corrected chi connectivity index (χ0v) is 8.13. The molecule has 3 N–H and O–H groups in total. The number of rotatable bonds is 3. The van der Waals surface area contributed by atoms with Crippen LogP contribution < -0.4 is 5.73 Å². The van der Waals surface area contributed by atoms with Crippen LogP contribution in [0.15, 0.2) is 6.20 Å². The van der Waals surface area contributed by atoms with Crippen LogP contribution in [-0.2, 0) is 11.2 Å². The first-order chi connectivity index (χ1) is 6.93. The molecular formula is C8H7ClF2N2O2. The van der Waals surface area contributed by atoms with E-state index in [0.717, 1.165) is 6.20 Å². The van der Waals surface area contributed by atoms with E-state index in [1.54, 1.807) is 0 Å². The van der Waals surface area contributed by atoms with Gasteiger partial charge in [0.1, 0.15) is 0 Å². The Kier molecular flexibility index (Phi) is 3.41. The van der Waals surface area contributed by atoms with E-state index in [2.05, 4.69) is 4.98 Å². The van der Waals surface area contributed by atoms with Gasteiger partial charge in [-0.2, -0.15) is 0 Å². The summed E-state index contributed by atoms with van der Waals surface area (Å²) >= 11 is 5.45. The second-order valence-electron chi connectivity index (χ2n) is 2.77. The van der Waals surface area contributed by atoms with Crippen LogP contribution in [0.1, 0.15) is 17.6 Å². The molecule has 4 nitrogen and oxygen atoms in total. The van der Waals surface area contributed by atoms with Gasteiger partial charge >= 0.3 is 5.97 Å². The number of halogens is 3. The number of hydrogen-bond acceptors (Lipinski definition) is 3. The molecule has 0 aliphatic carbocycles. The van der Waals surface area contributed by atoms with E-state index < -0.39 is 24.4 Å². The zero-order valence-electron chi connectivity index (χ0n) is 7.38. The number of carboxylic acid groups (broad SMARTS) is 1. The number of carbonyl (C=O) groups is 1. The number of pyridine rings is 1. The molecule has 0 atom stereocenters. The SMILES string of the molecule is Nc1c(Cl)ncc(CC(=O)O)c1C(F)F. The van der Waals surface area contributed by atoms with Crippen molar-refractivity contribution in [2.45, 2.75) is 12.8 Å². The minimum absolute atomic E-state index is 0.126. The van der Waals surface area contributed by atoms with E-state index in [1.807, 2.05) is 0 Å². The van der Waals surface area contributed by atoms with Crippen molar-refractivity contribution in [3.63, 3.8) is 0 Å². The summed E-state index contributed by atoms with van der Waals surface area (Å²) in [4.78, 5) is 13.9. The quantitative estimate of drug-likeness (QED) is 0.786. The number of nitrogen functional groups attached to an aromatic ring is 1. The molecule has 0 aliphatic rings. The first-order valence-electron chi connectivity index (χ1n) is 3.86. The van der Waals surface area contributed by atoms with E-state index in [-0.39, 0.29) is 16.4 Å². The highest BCUT2D eigenvalue weighted by Gasteiger charge is 2.20. The Labute approximate surface area is 88.7 Å². The van der Waals surface area contributed by atoms with Crippen LogP contribution in [0, 0.1) is 0 Å². The van der Waals surface area contributed by atoms with E-state index in [1.165, 1.54) is 0 Å². The predicted octanol–water partition coefficient (Wildman–Crippen LogP) is 1.88. The third kappa shape index (κ3) is 2.53. The molecule has 0 saturated carbocycles. The molecule has 0 bridgehead atoms. The summed E-state index contributed by atoms with van der Waals surface area (Å²) in [5, 5.41) is 8.24. The van der Waals surface area contributed by atoms with Crippen LogP contribution in [-0.4, -0.2) is 16.1 Å². The number of alkyl halides is 2. The number of aliphatic carboxylic acids is 1. The molecule has 0 radical (unpaired) electrons. The van der Waals surface area contributed by atoms with Crippen molar-refractivity contribution >= 4 is 23.3 Å². The molecule has 1 aromatic rings. The Morgan fingerprint density at radius 2 is 2.27 bits per heavy atom. The number of nitrogens with zero attached hydrogens (tertiary/aromatic N) is 1. The molecule has 1 rings (SSSR count). The third-order valence-electron chi connectivity index (χ3n) is 1.75. The van der Waals surface area contributed by atoms with Gasteiger partial charge in [-0.3, -0.25) is 4.79 Å². The van der Waals surface area contributed by atoms with Gasteiger partial charge in [0.05, 0.1) is 12.1 Å². The largest absolute Gasteiger partial charge is 0.481 e. The summed E-state index contributed by atoms with van der Waals surface area (Å²) in [6.45, 7) is 0. The molecule has 82 valence electrons. The molecule has 0 unspecified atom stereocenters. The predicted molar refractivity (Wildman–Crippen MR) is 50.0 cm³/mol. The number of hydrogen-bond donors (Lipinski definition) is 2. The summed E-state index contributed by atoms with van der Waals surface area (Å²) in [6, 6.07) is 0. The van der Waals surface area contributed by atoms with Gasteiger partial charge in [-0.05, 0) is 5.56 Å². The maximum Gasteiger partial charge on any atom is 0.307 e. The van der Waals surface area contributed by atoms with Crippen molar-refractivity contribution in [1.29, 1.82) is 0 Å². The zero-order chi connectivity index (χ0) is 11.6. The lowest BCUT2D eigenvalue weighted by Gasteiger charge is -2.10. The molecule has 0 saturated heterocycles. The Morgan fingerprint density at radius 3 is 2.73 bits per heavy atom. The molecule has 1 heterocycles. The molecule has 0 fully saturated rings. The highest BCUT2D eigenvalue weighted by atomic mass is 35.5. The molecule has 0 aromatic carbocycles. The lowest BCUT2D eigenvalue weighted by molar-refractivity contribution is -0.136. The summed E-state index contributed by atoms with van der Waals surface area (Å²) in [5.41, 5.74) is 4.24. The van der Waals surface area contributed by atoms with Crippen LogP contribution in [0.5, 0.6) is 0 Å². The average Bonchev–Trinajstić information content (AvgIpc) is 2.10. The van der Waals surface area contributed by atoms with E-state index in [4.69, 9.17) is 22.4 Å². The third-order valence-corrected chi connectivity index (χ3v) is 2.05. The van der Waals surface area contributed by atoms with Gasteiger partial charge in [-0.1, -0.05) is 11.6 Å². The van der Waals surface area contributed by atoms with Crippen molar-refractivity contribution in [2.24, 2.45) is 0 Å². The van der Waals surface area contributed by atoms with Crippen molar-refractivity contribution in [1.82, 2.24) is 4.98 Å². The number of aromatic nitrogens is 1. The first-order valence-corrected chi connectivity index (χ1v) is 4.24. The second kappa shape index (κ2) is 4.39. The minimum Gasteiger partial charge on any atom is -0.481 e. The summed E-state index contributed by atoms with van der Waals surface area (Å²) in [5.74, 6) is -1.24. The topological polar surface area (TPSA) is 76.2 Å². The number of anilines is 1. The molecule has 0 spiro atoms. The average molecular weight is 237 g/mol. The summed E-state index contributed by atoms with van der Waals surface area (Å²) in [6.07, 6.45) is -2.44. The fourth-order valence-electron chi connectivity index (χ4n) is 1.12. The van der Waals surface area contributed by atoms with Crippen LogP contribution in [0.4, 0.5) is 14.5 Å². The first kappa shape index (κ1) is 11.6. The van der Waals surface area contributed by atoms with Crippen molar-refractivity contribution in [3.05, 3.63) is 22.5 Å². The van der Waals surface area contributed by atoms with E-state index >= 15 is 0 Å². The van der Waals surface area contributed by atoms with Crippen LogP contribution in [0.25, 0.3) is 0 Å². The van der Waals surface area contributed by atoms with Crippen LogP contribution in [0.3, 0.4) is 0 Å². The molecular weight excluding hydrogens is 230 g/mol. The molecule has 7 heteroatoms. The lowest BCUT2D eigenvalue weighted by atomic mass is 10.1. The molecule has 1 aromatic heterocycles. The standard InChI is InChI=1S/C8H7ClF2N2O2/c9-7-6(12)5(8(10)11)3(2-13-7)1-4(14)15/h2,8H,1,12H2,(H,14,15). The highest BCUT2D eigenvalue weighted by Crippen LogP contribution is 2.32.